The number of rotatable bonds is 1. The lowest BCUT2D eigenvalue weighted by atomic mass is 9.79. The quantitative estimate of drug-likeness (QED) is 0.785. The van der Waals surface area contributed by atoms with Crippen molar-refractivity contribution in [1.29, 1.82) is 0 Å². The van der Waals surface area contributed by atoms with Crippen molar-refractivity contribution in [2.45, 2.75) is 33.2 Å². The number of piperidine rings is 1. The van der Waals surface area contributed by atoms with Crippen molar-refractivity contribution in [1.82, 2.24) is 0 Å². The van der Waals surface area contributed by atoms with E-state index in [0.29, 0.717) is 6.04 Å². The zero-order valence-corrected chi connectivity index (χ0v) is 10.5. The molecule has 1 saturated heterocycles. The van der Waals surface area contributed by atoms with Gasteiger partial charge in [-0.1, -0.05) is 31.5 Å². The number of hydrogen-bond acceptors (Lipinski definition) is 2. The first-order valence-corrected chi connectivity index (χ1v) is 6.06. The maximum Gasteiger partial charge on any atom is 0.0366 e. The normalized spacial score (nSPS) is 24.5. The highest BCUT2D eigenvalue weighted by molar-refractivity contribution is 5.48. The number of aryl methyl sites for hydroxylation is 1. The van der Waals surface area contributed by atoms with Crippen LogP contribution in [0.3, 0.4) is 0 Å². The van der Waals surface area contributed by atoms with Gasteiger partial charge >= 0.3 is 0 Å². The third-order valence-electron chi connectivity index (χ3n) is 3.71. The summed E-state index contributed by atoms with van der Waals surface area (Å²) in [7, 11) is 0. The summed E-state index contributed by atoms with van der Waals surface area (Å²) in [6.45, 7) is 8.78. The average Bonchev–Trinajstić information content (AvgIpc) is 2.23. The van der Waals surface area contributed by atoms with E-state index in [0.717, 1.165) is 19.5 Å². The van der Waals surface area contributed by atoms with Crippen molar-refractivity contribution in [3.05, 3.63) is 29.8 Å². The molecule has 1 aromatic carbocycles. The standard InChI is InChI=1S/C14H22N2/c1-11-4-6-12(7-5-11)16-9-8-13(15)14(2,3)10-16/h4-7,13H,8-10,15H2,1-3H3. The molecule has 0 amide bonds. The highest BCUT2D eigenvalue weighted by Crippen LogP contribution is 2.30. The zero-order valence-electron chi connectivity index (χ0n) is 10.5. The summed E-state index contributed by atoms with van der Waals surface area (Å²) < 4.78 is 0. The van der Waals surface area contributed by atoms with Gasteiger partial charge in [-0.15, -0.1) is 0 Å². The molecule has 1 unspecified atom stereocenters. The van der Waals surface area contributed by atoms with Gasteiger partial charge < -0.3 is 10.6 Å². The van der Waals surface area contributed by atoms with Gasteiger partial charge in [0, 0.05) is 24.8 Å². The molecule has 88 valence electrons. The summed E-state index contributed by atoms with van der Waals surface area (Å²) in [6.07, 6.45) is 1.08. The first-order valence-electron chi connectivity index (χ1n) is 6.06. The Balaban J connectivity index is 2.14. The minimum absolute atomic E-state index is 0.211. The topological polar surface area (TPSA) is 29.3 Å². The van der Waals surface area contributed by atoms with Gasteiger partial charge in [-0.3, -0.25) is 0 Å². The van der Waals surface area contributed by atoms with Gasteiger partial charge in [-0.05, 0) is 30.9 Å². The van der Waals surface area contributed by atoms with Crippen LogP contribution in [0, 0.1) is 12.3 Å². The first kappa shape index (κ1) is 11.5. The van der Waals surface area contributed by atoms with E-state index in [1.807, 2.05) is 0 Å². The van der Waals surface area contributed by atoms with Crippen molar-refractivity contribution in [2.75, 3.05) is 18.0 Å². The molecule has 0 spiro atoms. The van der Waals surface area contributed by atoms with Gasteiger partial charge in [-0.2, -0.15) is 0 Å². The first-order chi connectivity index (χ1) is 7.49. The molecule has 2 heteroatoms. The third-order valence-corrected chi connectivity index (χ3v) is 3.71. The Hall–Kier alpha value is -1.02. The Bertz CT molecular complexity index is 354. The van der Waals surface area contributed by atoms with E-state index in [1.165, 1.54) is 11.3 Å². The van der Waals surface area contributed by atoms with Gasteiger partial charge in [0.1, 0.15) is 0 Å². The number of hydrogen-bond donors (Lipinski definition) is 1. The van der Waals surface area contributed by atoms with Crippen LogP contribution in [0.1, 0.15) is 25.8 Å². The summed E-state index contributed by atoms with van der Waals surface area (Å²) in [5.41, 5.74) is 9.00. The predicted molar refractivity (Wildman–Crippen MR) is 69.8 cm³/mol. The summed E-state index contributed by atoms with van der Waals surface area (Å²) in [5, 5.41) is 0. The molecule has 0 radical (unpaired) electrons. The molecule has 1 atom stereocenters. The molecule has 0 bridgehead atoms. The van der Waals surface area contributed by atoms with Crippen molar-refractivity contribution in [3.8, 4) is 0 Å². The third kappa shape index (κ3) is 2.22. The van der Waals surface area contributed by atoms with E-state index < -0.39 is 0 Å². The molecule has 0 aromatic heterocycles. The highest BCUT2D eigenvalue weighted by Gasteiger charge is 2.33. The van der Waals surface area contributed by atoms with E-state index in [2.05, 4.69) is 49.9 Å². The van der Waals surface area contributed by atoms with Crippen LogP contribution in [0.4, 0.5) is 5.69 Å². The molecule has 1 aliphatic heterocycles. The van der Waals surface area contributed by atoms with E-state index >= 15 is 0 Å². The lowest BCUT2D eigenvalue weighted by molar-refractivity contribution is 0.245. The lowest BCUT2D eigenvalue weighted by Gasteiger charge is -2.43. The second-order valence-electron chi connectivity index (χ2n) is 5.64. The van der Waals surface area contributed by atoms with Crippen LogP contribution in [-0.4, -0.2) is 19.1 Å². The molecular weight excluding hydrogens is 196 g/mol. The molecule has 1 aliphatic rings. The predicted octanol–water partition coefficient (Wildman–Crippen LogP) is 2.56. The molecule has 16 heavy (non-hydrogen) atoms. The van der Waals surface area contributed by atoms with Crippen LogP contribution in [0.15, 0.2) is 24.3 Å². The summed E-state index contributed by atoms with van der Waals surface area (Å²) >= 11 is 0. The SMILES string of the molecule is Cc1ccc(N2CCC(N)C(C)(C)C2)cc1. The average molecular weight is 218 g/mol. The fraction of sp³-hybridized carbons (Fsp3) is 0.571. The number of anilines is 1. The molecule has 2 N–H and O–H groups in total. The van der Waals surface area contributed by atoms with Crippen LogP contribution in [0.2, 0.25) is 0 Å². The Labute approximate surface area is 98.4 Å². The fourth-order valence-corrected chi connectivity index (χ4v) is 2.35. The van der Waals surface area contributed by atoms with Crippen LogP contribution in [0.5, 0.6) is 0 Å². The van der Waals surface area contributed by atoms with Gasteiger partial charge in [0.05, 0.1) is 0 Å². The molecular formula is C14H22N2. The summed E-state index contributed by atoms with van der Waals surface area (Å²) in [6, 6.07) is 9.10. The molecule has 2 rings (SSSR count). The monoisotopic (exact) mass is 218 g/mol. The largest absolute Gasteiger partial charge is 0.371 e. The maximum absolute atomic E-state index is 6.15. The van der Waals surface area contributed by atoms with Gasteiger partial charge in [0.2, 0.25) is 0 Å². The molecule has 2 nitrogen and oxygen atoms in total. The Kier molecular flexibility index (Phi) is 2.94. The van der Waals surface area contributed by atoms with Crippen LogP contribution in [0.25, 0.3) is 0 Å². The minimum atomic E-state index is 0.211. The summed E-state index contributed by atoms with van der Waals surface area (Å²) in [4.78, 5) is 2.45. The van der Waals surface area contributed by atoms with Crippen molar-refractivity contribution >= 4 is 5.69 Å². The molecule has 1 fully saturated rings. The second-order valence-corrected chi connectivity index (χ2v) is 5.64. The lowest BCUT2D eigenvalue weighted by Crippen LogP contribution is -2.52. The van der Waals surface area contributed by atoms with Crippen LogP contribution >= 0.6 is 0 Å². The molecule has 1 aromatic rings. The van der Waals surface area contributed by atoms with Crippen molar-refractivity contribution < 1.29 is 0 Å². The second kappa shape index (κ2) is 4.10. The fourth-order valence-electron chi connectivity index (χ4n) is 2.35. The maximum atomic E-state index is 6.15. The highest BCUT2D eigenvalue weighted by atomic mass is 15.2. The Morgan fingerprint density at radius 1 is 1.25 bits per heavy atom. The molecule has 0 aliphatic carbocycles. The molecule has 0 saturated carbocycles. The van der Waals surface area contributed by atoms with Gasteiger partial charge in [0.15, 0.2) is 0 Å². The Morgan fingerprint density at radius 2 is 1.88 bits per heavy atom. The van der Waals surface area contributed by atoms with Gasteiger partial charge in [0.25, 0.3) is 0 Å². The zero-order chi connectivity index (χ0) is 11.8. The van der Waals surface area contributed by atoms with Gasteiger partial charge in [-0.25, -0.2) is 0 Å². The van der Waals surface area contributed by atoms with E-state index in [-0.39, 0.29) is 5.41 Å². The Morgan fingerprint density at radius 3 is 2.44 bits per heavy atom. The van der Waals surface area contributed by atoms with E-state index in [4.69, 9.17) is 5.73 Å². The number of nitrogens with zero attached hydrogens (tertiary/aromatic N) is 1. The van der Waals surface area contributed by atoms with Crippen molar-refractivity contribution in [2.24, 2.45) is 11.1 Å². The van der Waals surface area contributed by atoms with E-state index in [9.17, 15) is 0 Å². The number of benzene rings is 1. The number of nitrogens with two attached hydrogens (primary N) is 1. The van der Waals surface area contributed by atoms with E-state index in [1.54, 1.807) is 0 Å². The van der Waals surface area contributed by atoms with Crippen LogP contribution in [-0.2, 0) is 0 Å². The molecule has 1 heterocycles. The van der Waals surface area contributed by atoms with Crippen LogP contribution < -0.4 is 10.6 Å². The van der Waals surface area contributed by atoms with Crippen molar-refractivity contribution in [3.63, 3.8) is 0 Å². The summed E-state index contributed by atoms with van der Waals surface area (Å²) in [5.74, 6) is 0. The smallest absolute Gasteiger partial charge is 0.0366 e. The minimum Gasteiger partial charge on any atom is -0.371 e.